The van der Waals surface area contributed by atoms with E-state index in [-0.39, 0.29) is 17.8 Å². The van der Waals surface area contributed by atoms with Crippen molar-refractivity contribution in [3.8, 4) is 0 Å². The van der Waals surface area contributed by atoms with E-state index in [9.17, 15) is 14.4 Å². The van der Waals surface area contributed by atoms with Crippen LogP contribution in [0.25, 0.3) is 0 Å². The monoisotopic (exact) mass is 414 g/mol. The molecule has 154 valence electrons. The van der Waals surface area contributed by atoms with Gasteiger partial charge in [-0.05, 0) is 49.2 Å². The van der Waals surface area contributed by atoms with E-state index in [2.05, 4.69) is 16.0 Å². The molecule has 1 aromatic heterocycles. The molecule has 1 aliphatic rings. The first-order chi connectivity index (χ1) is 14.0. The van der Waals surface area contributed by atoms with Crippen LogP contribution >= 0.6 is 11.3 Å². The van der Waals surface area contributed by atoms with Gasteiger partial charge in [-0.3, -0.25) is 9.59 Å². The molecule has 0 spiro atoms. The summed E-state index contributed by atoms with van der Waals surface area (Å²) in [7, 11) is 0. The zero-order chi connectivity index (χ0) is 20.6. The highest BCUT2D eigenvalue weighted by Gasteiger charge is 2.15. The first-order valence-corrected chi connectivity index (χ1v) is 10.6. The van der Waals surface area contributed by atoms with Gasteiger partial charge in [0.2, 0.25) is 5.91 Å². The minimum atomic E-state index is -0.203. The van der Waals surface area contributed by atoms with Crippen molar-refractivity contribution in [3.05, 3.63) is 46.2 Å². The predicted octanol–water partition coefficient (Wildman–Crippen LogP) is 4.04. The smallest absolute Gasteiger partial charge is 0.321 e. The molecular weight excluding hydrogens is 388 g/mol. The summed E-state index contributed by atoms with van der Waals surface area (Å²) in [6.45, 7) is 3.47. The average Bonchev–Trinajstić information content (AvgIpc) is 3.01. The Hall–Kier alpha value is -2.87. The molecule has 8 heteroatoms. The van der Waals surface area contributed by atoms with Crippen LogP contribution in [-0.4, -0.2) is 35.8 Å². The highest BCUT2D eigenvalue weighted by atomic mass is 32.1. The summed E-state index contributed by atoms with van der Waals surface area (Å²) in [5.41, 5.74) is 1.35. The molecule has 0 unspecified atom stereocenters. The van der Waals surface area contributed by atoms with Crippen LogP contribution in [0, 0.1) is 0 Å². The standard InChI is InChI=1S/C21H26N4O3S/c1-15(26)22-14-18-10-11-19(29-18)20(27)23-16-6-8-17(9-7-16)24-21(28)25-12-4-2-3-5-13-25/h6-11H,2-5,12-14H2,1H3,(H,22,26)(H,23,27)(H,24,28). The first kappa shape index (κ1) is 20.9. The third kappa shape index (κ3) is 6.32. The quantitative estimate of drug-likeness (QED) is 0.689. The van der Waals surface area contributed by atoms with E-state index in [4.69, 9.17) is 0 Å². The average molecular weight is 415 g/mol. The zero-order valence-corrected chi connectivity index (χ0v) is 17.3. The Morgan fingerprint density at radius 1 is 0.897 bits per heavy atom. The summed E-state index contributed by atoms with van der Waals surface area (Å²) in [6.07, 6.45) is 4.45. The van der Waals surface area contributed by atoms with Crippen molar-refractivity contribution < 1.29 is 14.4 Å². The van der Waals surface area contributed by atoms with Crippen molar-refractivity contribution >= 4 is 40.6 Å². The Morgan fingerprint density at radius 2 is 1.52 bits per heavy atom. The van der Waals surface area contributed by atoms with Crippen molar-refractivity contribution in [2.45, 2.75) is 39.2 Å². The maximum Gasteiger partial charge on any atom is 0.321 e. The van der Waals surface area contributed by atoms with Crippen LogP contribution in [0.3, 0.4) is 0 Å². The second-order valence-electron chi connectivity index (χ2n) is 7.04. The fraction of sp³-hybridized carbons (Fsp3) is 0.381. The number of anilines is 2. The topological polar surface area (TPSA) is 90.5 Å². The number of hydrogen-bond donors (Lipinski definition) is 3. The molecule has 1 fully saturated rings. The van der Waals surface area contributed by atoms with Gasteiger partial charge in [0.05, 0.1) is 11.4 Å². The second-order valence-corrected chi connectivity index (χ2v) is 8.21. The van der Waals surface area contributed by atoms with E-state index in [0.717, 1.165) is 30.8 Å². The highest BCUT2D eigenvalue weighted by Crippen LogP contribution is 2.20. The van der Waals surface area contributed by atoms with E-state index in [1.807, 2.05) is 11.0 Å². The van der Waals surface area contributed by atoms with Gasteiger partial charge in [0.25, 0.3) is 5.91 Å². The van der Waals surface area contributed by atoms with Crippen LogP contribution in [0.2, 0.25) is 0 Å². The molecular formula is C21H26N4O3S. The molecule has 0 atom stereocenters. The maximum atomic E-state index is 12.4. The number of carbonyl (C=O) groups is 3. The number of nitrogens with zero attached hydrogens (tertiary/aromatic N) is 1. The maximum absolute atomic E-state index is 12.4. The summed E-state index contributed by atoms with van der Waals surface area (Å²) in [4.78, 5) is 39.1. The lowest BCUT2D eigenvalue weighted by molar-refractivity contribution is -0.119. The van der Waals surface area contributed by atoms with Gasteiger partial charge in [-0.1, -0.05) is 12.8 Å². The Labute approximate surface area is 174 Å². The third-order valence-corrected chi connectivity index (χ3v) is 5.77. The Kier molecular flexibility index (Phi) is 7.24. The normalized spacial score (nSPS) is 14.0. The molecule has 0 bridgehead atoms. The number of hydrogen-bond acceptors (Lipinski definition) is 4. The van der Waals surface area contributed by atoms with Crippen molar-refractivity contribution in [1.29, 1.82) is 0 Å². The van der Waals surface area contributed by atoms with Crippen molar-refractivity contribution in [1.82, 2.24) is 10.2 Å². The van der Waals surface area contributed by atoms with Crippen LogP contribution in [0.15, 0.2) is 36.4 Å². The highest BCUT2D eigenvalue weighted by molar-refractivity contribution is 7.14. The Balaban J connectivity index is 1.52. The number of amides is 4. The summed E-state index contributed by atoms with van der Waals surface area (Å²) >= 11 is 1.34. The van der Waals surface area contributed by atoms with Gasteiger partial charge >= 0.3 is 6.03 Å². The predicted molar refractivity (Wildman–Crippen MR) is 115 cm³/mol. The molecule has 7 nitrogen and oxygen atoms in total. The van der Waals surface area contributed by atoms with Gasteiger partial charge in [0, 0.05) is 36.3 Å². The van der Waals surface area contributed by atoms with E-state index >= 15 is 0 Å². The minimum Gasteiger partial charge on any atom is -0.351 e. The number of urea groups is 1. The largest absolute Gasteiger partial charge is 0.351 e. The molecule has 0 radical (unpaired) electrons. The molecule has 29 heavy (non-hydrogen) atoms. The van der Waals surface area contributed by atoms with E-state index < -0.39 is 0 Å². The number of thiophene rings is 1. The summed E-state index contributed by atoms with van der Waals surface area (Å²) in [5, 5.41) is 8.48. The van der Waals surface area contributed by atoms with Crippen molar-refractivity contribution in [3.63, 3.8) is 0 Å². The molecule has 0 saturated carbocycles. The van der Waals surface area contributed by atoms with Gasteiger partial charge in [0.15, 0.2) is 0 Å². The van der Waals surface area contributed by atoms with Crippen molar-refractivity contribution in [2.75, 3.05) is 23.7 Å². The Bertz CT molecular complexity index is 855. The first-order valence-electron chi connectivity index (χ1n) is 9.82. The van der Waals surface area contributed by atoms with E-state index in [0.29, 0.717) is 22.8 Å². The van der Waals surface area contributed by atoms with Crippen molar-refractivity contribution in [2.24, 2.45) is 0 Å². The van der Waals surface area contributed by atoms with Gasteiger partial charge in [0.1, 0.15) is 0 Å². The fourth-order valence-corrected chi connectivity index (χ4v) is 3.96. The molecule has 1 aromatic carbocycles. The van der Waals surface area contributed by atoms with Crippen LogP contribution in [0.1, 0.15) is 47.2 Å². The van der Waals surface area contributed by atoms with E-state index in [1.165, 1.54) is 31.1 Å². The number of likely N-dealkylation sites (tertiary alicyclic amines) is 1. The van der Waals surface area contributed by atoms with Gasteiger partial charge < -0.3 is 20.9 Å². The van der Waals surface area contributed by atoms with Crippen LogP contribution in [0.4, 0.5) is 16.2 Å². The van der Waals surface area contributed by atoms with Crippen LogP contribution in [0.5, 0.6) is 0 Å². The van der Waals surface area contributed by atoms with Gasteiger partial charge in [-0.25, -0.2) is 4.79 Å². The molecule has 2 heterocycles. The zero-order valence-electron chi connectivity index (χ0n) is 16.5. The number of rotatable bonds is 5. The number of carbonyl (C=O) groups excluding carboxylic acids is 3. The van der Waals surface area contributed by atoms with Gasteiger partial charge in [-0.15, -0.1) is 11.3 Å². The SMILES string of the molecule is CC(=O)NCc1ccc(C(=O)Nc2ccc(NC(=O)N3CCCCCC3)cc2)s1. The molecule has 1 saturated heterocycles. The molecule has 4 amide bonds. The molecule has 3 rings (SSSR count). The lowest BCUT2D eigenvalue weighted by Gasteiger charge is -2.20. The summed E-state index contributed by atoms with van der Waals surface area (Å²) < 4.78 is 0. The van der Waals surface area contributed by atoms with Crippen LogP contribution in [-0.2, 0) is 11.3 Å². The van der Waals surface area contributed by atoms with E-state index in [1.54, 1.807) is 30.3 Å². The molecule has 0 aliphatic carbocycles. The third-order valence-electron chi connectivity index (χ3n) is 4.68. The van der Waals surface area contributed by atoms with Gasteiger partial charge in [-0.2, -0.15) is 0 Å². The lowest BCUT2D eigenvalue weighted by Crippen LogP contribution is -2.35. The summed E-state index contributed by atoms with van der Waals surface area (Å²) in [6, 6.07) is 10.6. The molecule has 2 aromatic rings. The minimum absolute atomic E-state index is 0.0750. The Morgan fingerprint density at radius 3 is 2.14 bits per heavy atom. The van der Waals surface area contributed by atoms with Crippen LogP contribution < -0.4 is 16.0 Å². The molecule has 3 N–H and O–H groups in total. The molecule has 1 aliphatic heterocycles. The fourth-order valence-electron chi connectivity index (χ4n) is 3.11. The number of nitrogens with one attached hydrogen (secondary N) is 3. The number of benzene rings is 1. The lowest BCUT2D eigenvalue weighted by atomic mass is 10.2. The second kappa shape index (κ2) is 10.1. The summed E-state index contributed by atoms with van der Waals surface area (Å²) in [5.74, 6) is -0.308.